The molecule has 1 saturated heterocycles. The van der Waals surface area contributed by atoms with Gasteiger partial charge in [-0.1, -0.05) is 18.2 Å². The molecule has 114 valence electrons. The molecule has 1 fully saturated rings. The summed E-state index contributed by atoms with van der Waals surface area (Å²) in [5, 5.41) is 10.8. The van der Waals surface area contributed by atoms with E-state index in [1.165, 1.54) is 11.3 Å². The number of amides is 1. The normalized spacial score (nSPS) is 17.6. The summed E-state index contributed by atoms with van der Waals surface area (Å²) >= 11 is 1.48. The first kappa shape index (κ1) is 14.8. The van der Waals surface area contributed by atoms with Crippen LogP contribution in [0.4, 0.5) is 0 Å². The molecule has 5 heteroatoms. The first-order valence-corrected chi connectivity index (χ1v) is 8.16. The molecule has 1 aromatic carbocycles. The van der Waals surface area contributed by atoms with Crippen LogP contribution in [0.25, 0.3) is 0 Å². The van der Waals surface area contributed by atoms with Gasteiger partial charge >= 0.3 is 5.97 Å². The zero-order valence-electron chi connectivity index (χ0n) is 12.1. The zero-order valence-corrected chi connectivity index (χ0v) is 12.9. The summed E-state index contributed by atoms with van der Waals surface area (Å²) in [5.41, 5.74) is 1.44. The first-order chi connectivity index (χ1) is 10.6. The summed E-state index contributed by atoms with van der Waals surface area (Å²) < 4.78 is 0. The molecule has 4 nitrogen and oxygen atoms in total. The minimum Gasteiger partial charge on any atom is -0.478 e. The van der Waals surface area contributed by atoms with Crippen LogP contribution in [0.2, 0.25) is 0 Å². The number of carbonyl (C=O) groups is 2. The molecule has 1 aliphatic heterocycles. The molecule has 22 heavy (non-hydrogen) atoms. The SMILES string of the molecule is O=C(O)c1ccc(C[C@H]2CCN(C(=O)c3cccs3)C2)cc1. The lowest BCUT2D eigenvalue weighted by atomic mass is 9.98. The van der Waals surface area contributed by atoms with Crippen LogP contribution in [0.3, 0.4) is 0 Å². The molecule has 0 radical (unpaired) electrons. The van der Waals surface area contributed by atoms with Crippen molar-refractivity contribution in [1.29, 1.82) is 0 Å². The Balaban J connectivity index is 1.59. The van der Waals surface area contributed by atoms with Gasteiger partial charge in [0.15, 0.2) is 0 Å². The third-order valence-electron chi connectivity index (χ3n) is 4.03. The Kier molecular flexibility index (Phi) is 4.24. The van der Waals surface area contributed by atoms with E-state index in [0.717, 1.165) is 36.4 Å². The Hall–Kier alpha value is -2.14. The van der Waals surface area contributed by atoms with Gasteiger partial charge in [0.2, 0.25) is 0 Å². The van der Waals surface area contributed by atoms with Gasteiger partial charge in [0.1, 0.15) is 0 Å². The second kappa shape index (κ2) is 6.32. The van der Waals surface area contributed by atoms with E-state index in [4.69, 9.17) is 5.11 Å². The molecule has 1 aromatic heterocycles. The number of nitrogens with zero attached hydrogens (tertiary/aromatic N) is 1. The molecule has 0 bridgehead atoms. The van der Waals surface area contributed by atoms with Gasteiger partial charge in [-0.3, -0.25) is 4.79 Å². The summed E-state index contributed by atoms with van der Waals surface area (Å²) in [5.74, 6) is -0.335. The lowest BCUT2D eigenvalue weighted by Crippen LogP contribution is -2.28. The second-order valence-electron chi connectivity index (χ2n) is 5.59. The number of benzene rings is 1. The van der Waals surface area contributed by atoms with E-state index < -0.39 is 5.97 Å². The molecular formula is C17H17NO3S. The topological polar surface area (TPSA) is 57.6 Å². The van der Waals surface area contributed by atoms with Gasteiger partial charge in [0.25, 0.3) is 5.91 Å². The number of carboxylic acid groups (broad SMARTS) is 1. The molecule has 1 N–H and O–H groups in total. The average Bonchev–Trinajstić information content (AvgIpc) is 3.19. The number of hydrogen-bond acceptors (Lipinski definition) is 3. The van der Waals surface area contributed by atoms with Crippen LogP contribution in [0.15, 0.2) is 41.8 Å². The Morgan fingerprint density at radius 1 is 1.23 bits per heavy atom. The van der Waals surface area contributed by atoms with Crippen LogP contribution >= 0.6 is 11.3 Å². The highest BCUT2D eigenvalue weighted by Crippen LogP contribution is 2.24. The lowest BCUT2D eigenvalue weighted by Gasteiger charge is -2.15. The van der Waals surface area contributed by atoms with E-state index in [9.17, 15) is 9.59 Å². The van der Waals surface area contributed by atoms with E-state index >= 15 is 0 Å². The van der Waals surface area contributed by atoms with Crippen LogP contribution in [0, 0.1) is 5.92 Å². The summed E-state index contributed by atoms with van der Waals surface area (Å²) in [6.07, 6.45) is 1.88. The molecule has 1 amide bonds. The highest BCUT2D eigenvalue weighted by molar-refractivity contribution is 7.12. The fraction of sp³-hybridized carbons (Fsp3) is 0.294. The van der Waals surface area contributed by atoms with Gasteiger partial charge in [-0.25, -0.2) is 4.79 Å². The summed E-state index contributed by atoms with van der Waals surface area (Å²) in [6.45, 7) is 1.58. The maximum Gasteiger partial charge on any atom is 0.335 e. The predicted octanol–water partition coefficient (Wildman–Crippen LogP) is 3.15. The van der Waals surface area contributed by atoms with Crippen molar-refractivity contribution in [2.24, 2.45) is 5.92 Å². The minimum atomic E-state index is -0.903. The Labute approximate surface area is 133 Å². The third-order valence-corrected chi connectivity index (χ3v) is 4.89. The highest BCUT2D eigenvalue weighted by atomic mass is 32.1. The maximum absolute atomic E-state index is 12.3. The van der Waals surface area contributed by atoms with Crippen LogP contribution < -0.4 is 0 Å². The van der Waals surface area contributed by atoms with Crippen LogP contribution in [0.1, 0.15) is 32.0 Å². The number of thiophene rings is 1. The van der Waals surface area contributed by atoms with E-state index in [1.54, 1.807) is 12.1 Å². The van der Waals surface area contributed by atoms with Gasteiger partial charge in [-0.2, -0.15) is 0 Å². The monoisotopic (exact) mass is 315 g/mol. The second-order valence-corrected chi connectivity index (χ2v) is 6.54. The molecule has 2 aromatic rings. The average molecular weight is 315 g/mol. The van der Waals surface area contributed by atoms with Gasteiger partial charge in [0, 0.05) is 13.1 Å². The Morgan fingerprint density at radius 2 is 2.00 bits per heavy atom. The van der Waals surface area contributed by atoms with E-state index in [0.29, 0.717) is 11.5 Å². The molecule has 0 saturated carbocycles. The summed E-state index contributed by atoms with van der Waals surface area (Å²) in [7, 11) is 0. The summed E-state index contributed by atoms with van der Waals surface area (Å²) in [6, 6.07) is 10.8. The largest absolute Gasteiger partial charge is 0.478 e. The zero-order chi connectivity index (χ0) is 15.5. The predicted molar refractivity (Wildman–Crippen MR) is 85.4 cm³/mol. The molecule has 1 aliphatic rings. The molecule has 3 rings (SSSR count). The van der Waals surface area contributed by atoms with E-state index in [-0.39, 0.29) is 5.91 Å². The smallest absolute Gasteiger partial charge is 0.335 e. The molecule has 1 atom stereocenters. The fourth-order valence-electron chi connectivity index (χ4n) is 2.86. The standard InChI is InChI=1S/C17H17NO3S/c19-16(15-2-1-9-22-15)18-8-7-13(11-18)10-12-3-5-14(6-4-12)17(20)21/h1-6,9,13H,7-8,10-11H2,(H,20,21)/t13-/m1/s1. The van der Waals surface area contributed by atoms with Crippen LogP contribution in [-0.2, 0) is 6.42 Å². The van der Waals surface area contributed by atoms with Crippen molar-refractivity contribution in [3.8, 4) is 0 Å². The van der Waals surface area contributed by atoms with Crippen molar-refractivity contribution in [2.75, 3.05) is 13.1 Å². The van der Waals surface area contributed by atoms with Crippen LogP contribution in [-0.4, -0.2) is 35.0 Å². The number of carboxylic acids is 1. The van der Waals surface area contributed by atoms with Crippen LogP contribution in [0.5, 0.6) is 0 Å². The van der Waals surface area contributed by atoms with Crippen molar-refractivity contribution in [3.63, 3.8) is 0 Å². The minimum absolute atomic E-state index is 0.124. The summed E-state index contributed by atoms with van der Waals surface area (Å²) in [4.78, 5) is 25.9. The third kappa shape index (κ3) is 3.20. The van der Waals surface area contributed by atoms with Crippen molar-refractivity contribution < 1.29 is 14.7 Å². The van der Waals surface area contributed by atoms with Crippen molar-refractivity contribution in [1.82, 2.24) is 4.90 Å². The highest BCUT2D eigenvalue weighted by Gasteiger charge is 2.27. The number of likely N-dealkylation sites (tertiary alicyclic amines) is 1. The van der Waals surface area contributed by atoms with Crippen molar-refractivity contribution in [3.05, 3.63) is 57.8 Å². The van der Waals surface area contributed by atoms with Gasteiger partial charge in [0.05, 0.1) is 10.4 Å². The molecule has 2 heterocycles. The maximum atomic E-state index is 12.3. The van der Waals surface area contributed by atoms with E-state index in [2.05, 4.69) is 0 Å². The van der Waals surface area contributed by atoms with Gasteiger partial charge in [-0.15, -0.1) is 11.3 Å². The Bertz CT molecular complexity index is 664. The number of hydrogen-bond donors (Lipinski definition) is 1. The number of rotatable bonds is 4. The van der Waals surface area contributed by atoms with Crippen molar-refractivity contribution >= 4 is 23.2 Å². The molecule has 0 unspecified atom stereocenters. The van der Waals surface area contributed by atoms with Crippen molar-refractivity contribution in [2.45, 2.75) is 12.8 Å². The molecular weight excluding hydrogens is 298 g/mol. The molecule has 0 aliphatic carbocycles. The quantitative estimate of drug-likeness (QED) is 0.943. The van der Waals surface area contributed by atoms with E-state index in [1.807, 2.05) is 34.5 Å². The molecule has 0 spiro atoms. The fourth-order valence-corrected chi connectivity index (χ4v) is 3.55. The lowest BCUT2D eigenvalue weighted by molar-refractivity contribution is 0.0696. The first-order valence-electron chi connectivity index (χ1n) is 7.28. The number of carbonyl (C=O) groups excluding carboxylic acids is 1. The Morgan fingerprint density at radius 3 is 2.64 bits per heavy atom. The number of aromatic carboxylic acids is 1. The van der Waals surface area contributed by atoms with Gasteiger partial charge < -0.3 is 10.0 Å². The van der Waals surface area contributed by atoms with Gasteiger partial charge in [-0.05, 0) is 47.9 Å².